The fourth-order valence-electron chi connectivity index (χ4n) is 3.96. The average Bonchev–Trinajstić information content (AvgIpc) is 2.56. The summed E-state index contributed by atoms with van der Waals surface area (Å²) in [5, 5.41) is 10.5. The molecule has 0 unspecified atom stereocenters. The van der Waals surface area contributed by atoms with Crippen LogP contribution < -0.4 is 0 Å². The van der Waals surface area contributed by atoms with Crippen LogP contribution in [-0.4, -0.2) is 5.11 Å². The van der Waals surface area contributed by atoms with Crippen molar-refractivity contribution in [1.82, 2.24) is 0 Å². The maximum atomic E-state index is 10.5. The van der Waals surface area contributed by atoms with Gasteiger partial charge in [-0.2, -0.15) is 0 Å². The third-order valence-corrected chi connectivity index (χ3v) is 5.22. The molecule has 23 heavy (non-hydrogen) atoms. The molecule has 1 nitrogen and oxygen atoms in total. The van der Waals surface area contributed by atoms with Crippen molar-refractivity contribution in [3.8, 4) is 5.75 Å². The molecule has 1 aromatic carbocycles. The van der Waals surface area contributed by atoms with Gasteiger partial charge >= 0.3 is 0 Å². The first-order chi connectivity index (χ1) is 11.2. The standard InChI is InChI=1S/C22H38O/c1-4-7-9-13-18-22(17-6-3,19-14-10-8-5-2)20-15-11-12-16-21(20)23/h11-12,15-16,23H,4-10,13-14,17-19H2,1-3H3. The zero-order chi connectivity index (χ0) is 17.0. The fraction of sp³-hybridized carbons (Fsp3) is 0.727. The summed E-state index contributed by atoms with van der Waals surface area (Å²) in [6.45, 7) is 6.83. The maximum absolute atomic E-state index is 10.5. The van der Waals surface area contributed by atoms with E-state index in [1.54, 1.807) is 0 Å². The molecule has 0 saturated carbocycles. The van der Waals surface area contributed by atoms with Crippen LogP contribution in [0.4, 0.5) is 0 Å². The Kier molecular flexibility index (Phi) is 10.1. The van der Waals surface area contributed by atoms with Gasteiger partial charge < -0.3 is 5.11 Å². The highest BCUT2D eigenvalue weighted by molar-refractivity contribution is 5.38. The van der Waals surface area contributed by atoms with Crippen LogP contribution in [0.15, 0.2) is 24.3 Å². The van der Waals surface area contributed by atoms with Crippen molar-refractivity contribution in [3.05, 3.63) is 29.8 Å². The Morgan fingerprint density at radius 3 is 1.74 bits per heavy atom. The Balaban J connectivity index is 2.91. The monoisotopic (exact) mass is 318 g/mol. The Morgan fingerprint density at radius 1 is 0.696 bits per heavy atom. The number of benzene rings is 1. The molecule has 0 amide bonds. The molecule has 132 valence electrons. The second-order valence-corrected chi connectivity index (χ2v) is 7.17. The van der Waals surface area contributed by atoms with E-state index in [2.05, 4.69) is 32.9 Å². The number of hydrogen-bond donors (Lipinski definition) is 1. The Bertz CT molecular complexity index is 398. The summed E-state index contributed by atoms with van der Waals surface area (Å²) >= 11 is 0. The third-order valence-electron chi connectivity index (χ3n) is 5.22. The van der Waals surface area contributed by atoms with E-state index < -0.39 is 0 Å². The van der Waals surface area contributed by atoms with Crippen LogP contribution in [0.1, 0.15) is 103 Å². The third kappa shape index (κ3) is 6.57. The molecule has 0 heterocycles. The predicted octanol–water partition coefficient (Wildman–Crippen LogP) is 7.37. The van der Waals surface area contributed by atoms with Crippen molar-refractivity contribution in [2.45, 2.75) is 103 Å². The Morgan fingerprint density at radius 2 is 1.26 bits per heavy atom. The van der Waals surface area contributed by atoms with E-state index >= 15 is 0 Å². The second-order valence-electron chi connectivity index (χ2n) is 7.17. The van der Waals surface area contributed by atoms with E-state index in [0.717, 1.165) is 0 Å². The lowest BCUT2D eigenvalue weighted by molar-refractivity contribution is 0.297. The molecule has 0 bridgehead atoms. The smallest absolute Gasteiger partial charge is 0.119 e. The highest BCUT2D eigenvalue weighted by atomic mass is 16.3. The van der Waals surface area contributed by atoms with Gasteiger partial charge in [0.1, 0.15) is 5.75 Å². The summed E-state index contributed by atoms with van der Waals surface area (Å²) < 4.78 is 0. The van der Waals surface area contributed by atoms with Gasteiger partial charge in [0.05, 0.1) is 0 Å². The first-order valence-electron chi connectivity index (χ1n) is 9.98. The predicted molar refractivity (Wildman–Crippen MR) is 102 cm³/mol. The average molecular weight is 319 g/mol. The first-order valence-corrected chi connectivity index (χ1v) is 9.98. The molecule has 1 rings (SSSR count). The number of unbranched alkanes of at least 4 members (excludes halogenated alkanes) is 6. The first kappa shape index (κ1) is 20.1. The molecule has 0 aromatic heterocycles. The van der Waals surface area contributed by atoms with E-state index in [9.17, 15) is 5.11 Å². The molecule has 0 aliphatic heterocycles. The lowest BCUT2D eigenvalue weighted by Crippen LogP contribution is -2.26. The number of aromatic hydroxyl groups is 1. The minimum absolute atomic E-state index is 0.182. The SMILES string of the molecule is CCCCCCC(CCC)(CCCCCC)c1ccccc1O. The van der Waals surface area contributed by atoms with Gasteiger partial charge in [-0.25, -0.2) is 0 Å². The highest BCUT2D eigenvalue weighted by Gasteiger charge is 2.32. The maximum Gasteiger partial charge on any atom is 0.119 e. The molecule has 0 saturated heterocycles. The summed E-state index contributed by atoms with van der Waals surface area (Å²) in [5.74, 6) is 0.506. The van der Waals surface area contributed by atoms with Crippen LogP contribution in [-0.2, 0) is 5.41 Å². The molecule has 0 atom stereocenters. The van der Waals surface area contributed by atoms with Gasteiger partial charge in [0, 0.05) is 5.56 Å². The van der Waals surface area contributed by atoms with Crippen LogP contribution in [0.25, 0.3) is 0 Å². The molecule has 1 aromatic rings. The van der Waals surface area contributed by atoms with E-state index in [1.165, 1.54) is 82.6 Å². The van der Waals surface area contributed by atoms with Crippen molar-refractivity contribution in [1.29, 1.82) is 0 Å². The number of hydrogen-bond acceptors (Lipinski definition) is 1. The van der Waals surface area contributed by atoms with Crippen LogP contribution in [0.3, 0.4) is 0 Å². The summed E-state index contributed by atoms with van der Waals surface area (Å²) in [4.78, 5) is 0. The van der Waals surface area contributed by atoms with Crippen molar-refractivity contribution in [2.24, 2.45) is 0 Å². The lowest BCUT2D eigenvalue weighted by Gasteiger charge is -2.35. The molecular formula is C22H38O. The van der Waals surface area contributed by atoms with E-state index in [0.29, 0.717) is 5.75 Å². The van der Waals surface area contributed by atoms with E-state index in [1.807, 2.05) is 12.1 Å². The van der Waals surface area contributed by atoms with Gasteiger partial charge in [-0.1, -0.05) is 96.8 Å². The summed E-state index contributed by atoms with van der Waals surface area (Å²) in [5.41, 5.74) is 1.39. The number of phenolic OH excluding ortho intramolecular Hbond substituents is 1. The van der Waals surface area contributed by atoms with Crippen molar-refractivity contribution in [2.75, 3.05) is 0 Å². The van der Waals surface area contributed by atoms with Crippen LogP contribution in [0, 0.1) is 0 Å². The molecule has 1 heteroatoms. The second kappa shape index (κ2) is 11.5. The van der Waals surface area contributed by atoms with Gasteiger partial charge in [0.15, 0.2) is 0 Å². The van der Waals surface area contributed by atoms with Crippen LogP contribution in [0.5, 0.6) is 5.75 Å². The molecule has 0 radical (unpaired) electrons. The van der Waals surface area contributed by atoms with Crippen molar-refractivity contribution >= 4 is 0 Å². The summed E-state index contributed by atoms with van der Waals surface area (Å²) in [6.07, 6.45) is 15.3. The number of rotatable bonds is 13. The molecular weight excluding hydrogens is 280 g/mol. The summed E-state index contributed by atoms with van der Waals surface area (Å²) in [6, 6.07) is 8.09. The quantitative estimate of drug-likeness (QED) is 0.376. The molecule has 0 aliphatic rings. The van der Waals surface area contributed by atoms with Crippen LogP contribution in [0.2, 0.25) is 0 Å². The van der Waals surface area contributed by atoms with Crippen molar-refractivity contribution < 1.29 is 5.11 Å². The molecule has 0 fully saturated rings. The number of para-hydroxylation sites is 1. The minimum atomic E-state index is 0.182. The molecule has 0 aliphatic carbocycles. The largest absolute Gasteiger partial charge is 0.508 e. The van der Waals surface area contributed by atoms with Gasteiger partial charge in [-0.3, -0.25) is 0 Å². The van der Waals surface area contributed by atoms with Gasteiger partial charge in [0.2, 0.25) is 0 Å². The lowest BCUT2D eigenvalue weighted by atomic mass is 9.69. The highest BCUT2D eigenvalue weighted by Crippen LogP contribution is 2.43. The van der Waals surface area contributed by atoms with Gasteiger partial charge in [-0.05, 0) is 30.7 Å². The molecule has 1 N–H and O–H groups in total. The van der Waals surface area contributed by atoms with E-state index in [4.69, 9.17) is 0 Å². The summed E-state index contributed by atoms with van der Waals surface area (Å²) in [7, 11) is 0. The van der Waals surface area contributed by atoms with Crippen LogP contribution >= 0.6 is 0 Å². The number of phenols is 1. The normalized spacial score (nSPS) is 11.8. The van der Waals surface area contributed by atoms with Gasteiger partial charge in [0.25, 0.3) is 0 Å². The fourth-order valence-corrected chi connectivity index (χ4v) is 3.96. The topological polar surface area (TPSA) is 20.2 Å². The Labute approximate surface area is 144 Å². The zero-order valence-corrected chi connectivity index (χ0v) is 15.7. The molecule has 0 spiro atoms. The van der Waals surface area contributed by atoms with Gasteiger partial charge in [-0.15, -0.1) is 0 Å². The minimum Gasteiger partial charge on any atom is -0.508 e. The van der Waals surface area contributed by atoms with E-state index in [-0.39, 0.29) is 5.41 Å². The van der Waals surface area contributed by atoms with Crippen molar-refractivity contribution in [3.63, 3.8) is 0 Å². The Hall–Kier alpha value is -0.980. The zero-order valence-electron chi connectivity index (χ0n) is 15.7.